The zero-order valence-electron chi connectivity index (χ0n) is 7.54. The minimum atomic E-state index is 0.491. The van der Waals surface area contributed by atoms with Crippen molar-refractivity contribution in [2.24, 2.45) is 10.8 Å². The SMILES string of the molecule is CCC(C)N1N=C(N)CC1C. The molecule has 2 unspecified atom stereocenters. The molecule has 2 atom stereocenters. The lowest BCUT2D eigenvalue weighted by molar-refractivity contribution is 0.178. The first-order chi connectivity index (χ1) is 5.15. The van der Waals surface area contributed by atoms with Gasteiger partial charge in [0.25, 0.3) is 0 Å². The fraction of sp³-hybridized carbons (Fsp3) is 0.875. The normalized spacial score (nSPS) is 27.0. The molecule has 11 heavy (non-hydrogen) atoms. The Bertz CT molecular complexity index is 165. The van der Waals surface area contributed by atoms with Crippen molar-refractivity contribution in [2.45, 2.75) is 45.7 Å². The molecule has 1 aliphatic rings. The molecule has 1 rings (SSSR count). The van der Waals surface area contributed by atoms with Gasteiger partial charge in [-0.15, -0.1) is 0 Å². The van der Waals surface area contributed by atoms with Crippen LogP contribution in [0.2, 0.25) is 0 Å². The Balaban J connectivity index is 2.58. The van der Waals surface area contributed by atoms with E-state index >= 15 is 0 Å². The van der Waals surface area contributed by atoms with E-state index in [0.29, 0.717) is 12.1 Å². The molecule has 0 aromatic heterocycles. The van der Waals surface area contributed by atoms with Crippen LogP contribution in [0.25, 0.3) is 0 Å². The molecule has 0 fully saturated rings. The monoisotopic (exact) mass is 155 g/mol. The third-order valence-corrected chi connectivity index (χ3v) is 2.24. The molecule has 0 aliphatic carbocycles. The summed E-state index contributed by atoms with van der Waals surface area (Å²) in [4.78, 5) is 0. The minimum absolute atomic E-state index is 0.491. The van der Waals surface area contributed by atoms with Crippen LogP contribution < -0.4 is 5.73 Å². The fourth-order valence-electron chi connectivity index (χ4n) is 1.40. The molecular weight excluding hydrogens is 138 g/mol. The maximum atomic E-state index is 5.62. The lowest BCUT2D eigenvalue weighted by atomic mass is 10.2. The van der Waals surface area contributed by atoms with Gasteiger partial charge in [-0.25, -0.2) is 0 Å². The van der Waals surface area contributed by atoms with Gasteiger partial charge >= 0.3 is 0 Å². The second-order valence-electron chi connectivity index (χ2n) is 3.28. The van der Waals surface area contributed by atoms with Gasteiger partial charge in [0.2, 0.25) is 0 Å². The summed E-state index contributed by atoms with van der Waals surface area (Å²) in [7, 11) is 0. The van der Waals surface area contributed by atoms with Crippen LogP contribution in [0.4, 0.5) is 0 Å². The Morgan fingerprint density at radius 1 is 1.82 bits per heavy atom. The zero-order valence-corrected chi connectivity index (χ0v) is 7.54. The summed E-state index contributed by atoms with van der Waals surface area (Å²) in [5.74, 6) is 0.776. The lowest BCUT2D eigenvalue weighted by Gasteiger charge is -2.25. The quantitative estimate of drug-likeness (QED) is 0.650. The highest BCUT2D eigenvalue weighted by Crippen LogP contribution is 2.17. The van der Waals surface area contributed by atoms with Crippen LogP contribution in [0, 0.1) is 0 Å². The maximum absolute atomic E-state index is 5.62. The first kappa shape index (κ1) is 8.37. The molecule has 2 N–H and O–H groups in total. The molecule has 3 heteroatoms. The molecule has 1 heterocycles. The summed E-state index contributed by atoms with van der Waals surface area (Å²) in [6.07, 6.45) is 2.05. The molecule has 0 amide bonds. The van der Waals surface area contributed by atoms with Crippen LogP contribution in [0.5, 0.6) is 0 Å². The predicted molar refractivity (Wildman–Crippen MR) is 47.3 cm³/mol. The lowest BCUT2D eigenvalue weighted by Crippen LogP contribution is -2.31. The van der Waals surface area contributed by atoms with Crippen LogP contribution in [0.15, 0.2) is 5.10 Å². The van der Waals surface area contributed by atoms with Gasteiger partial charge < -0.3 is 5.73 Å². The molecule has 0 aromatic rings. The highest BCUT2D eigenvalue weighted by atomic mass is 15.5. The van der Waals surface area contributed by atoms with Gasteiger partial charge in [-0.2, -0.15) is 5.10 Å². The zero-order chi connectivity index (χ0) is 8.43. The van der Waals surface area contributed by atoms with Gasteiger partial charge in [-0.1, -0.05) is 6.92 Å². The Morgan fingerprint density at radius 2 is 2.45 bits per heavy atom. The van der Waals surface area contributed by atoms with E-state index in [1.807, 2.05) is 0 Å². The molecule has 1 aliphatic heterocycles. The van der Waals surface area contributed by atoms with Crippen molar-refractivity contribution in [2.75, 3.05) is 0 Å². The number of hydrogen-bond acceptors (Lipinski definition) is 3. The summed E-state index contributed by atoms with van der Waals surface area (Å²) in [6, 6.07) is 1.01. The number of hydrogen-bond donors (Lipinski definition) is 1. The largest absolute Gasteiger partial charge is 0.386 e. The number of hydrazone groups is 1. The minimum Gasteiger partial charge on any atom is -0.386 e. The second-order valence-corrected chi connectivity index (χ2v) is 3.28. The van der Waals surface area contributed by atoms with Crippen molar-refractivity contribution in [1.29, 1.82) is 0 Å². The Kier molecular flexibility index (Phi) is 2.37. The predicted octanol–water partition coefficient (Wildman–Crippen LogP) is 1.15. The molecule has 0 bridgehead atoms. The van der Waals surface area contributed by atoms with Crippen molar-refractivity contribution < 1.29 is 0 Å². The molecule has 0 saturated carbocycles. The average molecular weight is 155 g/mol. The summed E-state index contributed by atoms with van der Waals surface area (Å²) in [6.45, 7) is 6.51. The molecule has 64 valence electrons. The first-order valence-electron chi connectivity index (χ1n) is 4.26. The standard InChI is InChI=1S/C8H17N3/c1-4-6(2)11-7(3)5-8(9)10-11/h6-7H,4-5H2,1-3H3,(H2,9,10). The molecule has 0 aromatic carbocycles. The van der Waals surface area contributed by atoms with E-state index in [1.54, 1.807) is 0 Å². The maximum Gasteiger partial charge on any atom is 0.121 e. The number of amidine groups is 1. The first-order valence-corrected chi connectivity index (χ1v) is 4.26. The summed E-state index contributed by atoms with van der Waals surface area (Å²) < 4.78 is 0. The van der Waals surface area contributed by atoms with Crippen molar-refractivity contribution in [1.82, 2.24) is 5.01 Å². The van der Waals surface area contributed by atoms with E-state index in [1.165, 1.54) is 0 Å². The van der Waals surface area contributed by atoms with Crippen LogP contribution >= 0.6 is 0 Å². The van der Waals surface area contributed by atoms with E-state index in [4.69, 9.17) is 5.73 Å². The molecule has 0 radical (unpaired) electrons. The Labute approximate surface area is 68.3 Å². The Morgan fingerprint density at radius 3 is 2.82 bits per heavy atom. The van der Waals surface area contributed by atoms with Gasteiger partial charge in [0.15, 0.2) is 0 Å². The van der Waals surface area contributed by atoms with E-state index in [2.05, 4.69) is 30.9 Å². The van der Waals surface area contributed by atoms with Gasteiger partial charge in [0, 0.05) is 12.5 Å². The van der Waals surface area contributed by atoms with Gasteiger partial charge in [0.1, 0.15) is 5.84 Å². The van der Waals surface area contributed by atoms with E-state index < -0.39 is 0 Å². The number of nitrogens with two attached hydrogens (primary N) is 1. The second kappa shape index (κ2) is 3.11. The highest BCUT2D eigenvalue weighted by molar-refractivity contribution is 5.81. The van der Waals surface area contributed by atoms with Crippen molar-refractivity contribution in [3.8, 4) is 0 Å². The van der Waals surface area contributed by atoms with Crippen molar-refractivity contribution >= 4 is 5.84 Å². The summed E-state index contributed by atoms with van der Waals surface area (Å²) >= 11 is 0. The van der Waals surface area contributed by atoms with Crippen LogP contribution in [-0.4, -0.2) is 22.9 Å². The van der Waals surface area contributed by atoms with E-state index in [-0.39, 0.29) is 0 Å². The summed E-state index contributed by atoms with van der Waals surface area (Å²) in [5.41, 5.74) is 5.62. The summed E-state index contributed by atoms with van der Waals surface area (Å²) in [5, 5.41) is 6.37. The van der Waals surface area contributed by atoms with Gasteiger partial charge in [-0.05, 0) is 20.3 Å². The van der Waals surface area contributed by atoms with Gasteiger partial charge in [0.05, 0.1) is 6.04 Å². The van der Waals surface area contributed by atoms with Crippen molar-refractivity contribution in [3.63, 3.8) is 0 Å². The Hall–Kier alpha value is -0.730. The van der Waals surface area contributed by atoms with Crippen LogP contribution in [-0.2, 0) is 0 Å². The number of rotatable bonds is 2. The van der Waals surface area contributed by atoms with E-state index in [0.717, 1.165) is 18.7 Å². The van der Waals surface area contributed by atoms with Gasteiger partial charge in [-0.3, -0.25) is 5.01 Å². The molecular formula is C8H17N3. The number of nitrogens with zero attached hydrogens (tertiary/aromatic N) is 2. The smallest absolute Gasteiger partial charge is 0.121 e. The average Bonchev–Trinajstić information content (AvgIpc) is 2.28. The third-order valence-electron chi connectivity index (χ3n) is 2.24. The van der Waals surface area contributed by atoms with Crippen LogP contribution in [0.3, 0.4) is 0 Å². The molecule has 0 spiro atoms. The fourth-order valence-corrected chi connectivity index (χ4v) is 1.40. The van der Waals surface area contributed by atoms with Crippen LogP contribution in [0.1, 0.15) is 33.6 Å². The topological polar surface area (TPSA) is 41.6 Å². The molecule has 3 nitrogen and oxygen atoms in total. The molecule has 0 saturated heterocycles. The highest BCUT2D eigenvalue weighted by Gasteiger charge is 2.23. The van der Waals surface area contributed by atoms with E-state index in [9.17, 15) is 0 Å². The third kappa shape index (κ3) is 1.64. The van der Waals surface area contributed by atoms with Crippen molar-refractivity contribution in [3.05, 3.63) is 0 Å².